The molecule has 0 aliphatic rings. The number of hydrogen-bond donors (Lipinski definition) is 3. The summed E-state index contributed by atoms with van der Waals surface area (Å²) in [6, 6.07) is 2.74. The summed E-state index contributed by atoms with van der Waals surface area (Å²) in [5.74, 6) is -1.28. The van der Waals surface area contributed by atoms with Gasteiger partial charge in [-0.05, 0) is 12.5 Å². The first-order valence-electron chi connectivity index (χ1n) is 5.61. The van der Waals surface area contributed by atoms with E-state index in [0.717, 1.165) is 6.20 Å². The van der Waals surface area contributed by atoms with E-state index in [0.29, 0.717) is 12.2 Å². The summed E-state index contributed by atoms with van der Waals surface area (Å²) >= 11 is 0. The van der Waals surface area contributed by atoms with Crippen LogP contribution in [-0.4, -0.2) is 33.2 Å². The standard InChI is InChI=1S/C11H14N4O4/c1-2-7(10(12)11(16)17)5-13-9-4-3-8(6-14-9)15(18)19/h3-4,6-7,12H,2,5H2,1H3,(H,13,14)(H,16,17). The van der Waals surface area contributed by atoms with Crippen LogP contribution in [0.1, 0.15) is 13.3 Å². The zero-order chi connectivity index (χ0) is 14.4. The highest BCUT2D eigenvalue weighted by molar-refractivity contribution is 6.35. The van der Waals surface area contributed by atoms with E-state index in [-0.39, 0.29) is 17.9 Å². The Hall–Kier alpha value is -2.51. The highest BCUT2D eigenvalue weighted by Crippen LogP contribution is 2.13. The Labute approximate surface area is 109 Å². The lowest BCUT2D eigenvalue weighted by Gasteiger charge is -2.14. The summed E-state index contributed by atoms with van der Waals surface area (Å²) in [7, 11) is 0. The van der Waals surface area contributed by atoms with Crippen LogP contribution < -0.4 is 5.32 Å². The lowest BCUT2D eigenvalue weighted by Crippen LogP contribution is -2.28. The van der Waals surface area contributed by atoms with Gasteiger partial charge in [0, 0.05) is 18.5 Å². The van der Waals surface area contributed by atoms with Gasteiger partial charge in [0.05, 0.1) is 4.92 Å². The number of carboxylic acid groups (broad SMARTS) is 1. The summed E-state index contributed by atoms with van der Waals surface area (Å²) in [6.07, 6.45) is 1.62. The van der Waals surface area contributed by atoms with E-state index < -0.39 is 16.8 Å². The summed E-state index contributed by atoms with van der Waals surface area (Å²) in [6.45, 7) is 2.03. The van der Waals surface area contributed by atoms with Crippen LogP contribution in [0.3, 0.4) is 0 Å². The number of aliphatic carboxylic acids is 1. The summed E-state index contributed by atoms with van der Waals surface area (Å²) in [5.41, 5.74) is -0.479. The van der Waals surface area contributed by atoms with Gasteiger partial charge >= 0.3 is 5.97 Å². The summed E-state index contributed by atoms with van der Waals surface area (Å²) in [4.78, 5) is 24.4. The van der Waals surface area contributed by atoms with Crippen molar-refractivity contribution in [3.8, 4) is 0 Å². The maximum absolute atomic E-state index is 10.7. The number of nitro groups is 1. The molecule has 3 N–H and O–H groups in total. The van der Waals surface area contributed by atoms with E-state index in [2.05, 4.69) is 10.3 Å². The number of rotatable bonds is 7. The van der Waals surface area contributed by atoms with Crippen LogP contribution in [0, 0.1) is 21.4 Å². The van der Waals surface area contributed by atoms with Crippen LogP contribution in [0.5, 0.6) is 0 Å². The number of carbonyl (C=O) groups is 1. The molecular weight excluding hydrogens is 252 g/mol. The Kier molecular flexibility index (Phi) is 4.92. The molecule has 102 valence electrons. The van der Waals surface area contributed by atoms with Gasteiger partial charge in [0.2, 0.25) is 0 Å². The Morgan fingerprint density at radius 2 is 2.32 bits per heavy atom. The van der Waals surface area contributed by atoms with Crippen molar-refractivity contribution in [2.75, 3.05) is 11.9 Å². The van der Waals surface area contributed by atoms with E-state index in [1.165, 1.54) is 12.1 Å². The molecule has 0 aromatic carbocycles. The third kappa shape index (κ3) is 4.02. The Morgan fingerprint density at radius 3 is 2.74 bits per heavy atom. The molecule has 8 nitrogen and oxygen atoms in total. The van der Waals surface area contributed by atoms with Crippen LogP contribution >= 0.6 is 0 Å². The average molecular weight is 266 g/mol. The Morgan fingerprint density at radius 1 is 1.63 bits per heavy atom. The highest BCUT2D eigenvalue weighted by atomic mass is 16.6. The van der Waals surface area contributed by atoms with Crippen molar-refractivity contribution in [3.63, 3.8) is 0 Å². The van der Waals surface area contributed by atoms with Crippen LogP contribution in [0.25, 0.3) is 0 Å². The predicted octanol–water partition coefficient (Wildman–Crippen LogP) is 1.53. The van der Waals surface area contributed by atoms with Crippen LogP contribution in [0.15, 0.2) is 18.3 Å². The molecule has 1 rings (SSSR count). The van der Waals surface area contributed by atoms with E-state index in [9.17, 15) is 14.9 Å². The van der Waals surface area contributed by atoms with Gasteiger partial charge in [-0.15, -0.1) is 0 Å². The molecule has 1 aromatic rings. The maximum Gasteiger partial charge on any atom is 0.349 e. The third-order valence-electron chi connectivity index (χ3n) is 2.62. The lowest BCUT2D eigenvalue weighted by molar-refractivity contribution is -0.385. The smallest absolute Gasteiger partial charge is 0.349 e. The van der Waals surface area contributed by atoms with E-state index >= 15 is 0 Å². The first-order valence-corrected chi connectivity index (χ1v) is 5.61. The molecule has 0 bridgehead atoms. The molecule has 8 heteroatoms. The molecule has 0 fully saturated rings. The van der Waals surface area contributed by atoms with Crippen molar-refractivity contribution in [2.45, 2.75) is 13.3 Å². The van der Waals surface area contributed by atoms with Gasteiger partial charge < -0.3 is 10.4 Å². The normalized spacial score (nSPS) is 11.6. The molecule has 1 aromatic heterocycles. The van der Waals surface area contributed by atoms with Crippen molar-refractivity contribution < 1.29 is 14.8 Å². The summed E-state index contributed by atoms with van der Waals surface area (Å²) < 4.78 is 0. The highest BCUT2D eigenvalue weighted by Gasteiger charge is 2.18. The van der Waals surface area contributed by atoms with Gasteiger partial charge in [-0.3, -0.25) is 15.5 Å². The number of anilines is 1. The number of aromatic nitrogens is 1. The Bertz CT molecular complexity index is 486. The first kappa shape index (κ1) is 14.6. The fourth-order valence-electron chi connectivity index (χ4n) is 1.45. The Balaban J connectivity index is 2.62. The molecule has 1 unspecified atom stereocenters. The molecule has 0 spiro atoms. The van der Waals surface area contributed by atoms with Crippen molar-refractivity contribution >= 4 is 23.2 Å². The SMILES string of the molecule is CCC(CNc1ccc([N+](=O)[O-])cn1)C(=N)C(=O)O. The zero-order valence-electron chi connectivity index (χ0n) is 10.3. The van der Waals surface area contributed by atoms with Crippen molar-refractivity contribution in [2.24, 2.45) is 5.92 Å². The van der Waals surface area contributed by atoms with Crippen molar-refractivity contribution in [1.29, 1.82) is 5.41 Å². The number of nitrogens with zero attached hydrogens (tertiary/aromatic N) is 2. The van der Waals surface area contributed by atoms with Crippen LogP contribution in [0.4, 0.5) is 11.5 Å². The quantitative estimate of drug-likeness (QED) is 0.390. The van der Waals surface area contributed by atoms with Gasteiger partial charge in [0.25, 0.3) is 5.69 Å². The minimum absolute atomic E-state index is 0.115. The van der Waals surface area contributed by atoms with Gasteiger partial charge in [0.1, 0.15) is 17.7 Å². The molecule has 19 heavy (non-hydrogen) atoms. The first-order chi connectivity index (χ1) is 8.95. The fraction of sp³-hybridized carbons (Fsp3) is 0.364. The van der Waals surface area contributed by atoms with Crippen LogP contribution in [0.2, 0.25) is 0 Å². The molecule has 0 saturated carbocycles. The molecule has 0 saturated heterocycles. The van der Waals surface area contributed by atoms with Crippen molar-refractivity contribution in [1.82, 2.24) is 4.98 Å². The molecule has 1 heterocycles. The second-order valence-electron chi connectivity index (χ2n) is 3.86. The molecule has 1 atom stereocenters. The number of nitrogens with one attached hydrogen (secondary N) is 2. The largest absolute Gasteiger partial charge is 0.477 e. The second kappa shape index (κ2) is 6.43. The number of carboxylic acids is 1. The van der Waals surface area contributed by atoms with Gasteiger partial charge in [-0.2, -0.15) is 0 Å². The second-order valence-corrected chi connectivity index (χ2v) is 3.86. The molecule has 0 radical (unpaired) electrons. The fourth-order valence-corrected chi connectivity index (χ4v) is 1.45. The molecular formula is C11H14N4O4. The minimum atomic E-state index is -1.25. The summed E-state index contributed by atoms with van der Waals surface area (Å²) in [5, 5.41) is 29.4. The third-order valence-corrected chi connectivity index (χ3v) is 2.62. The topological polar surface area (TPSA) is 129 Å². The minimum Gasteiger partial charge on any atom is -0.477 e. The van der Waals surface area contributed by atoms with E-state index in [1.807, 2.05) is 0 Å². The number of pyridine rings is 1. The average Bonchev–Trinajstić information content (AvgIpc) is 2.39. The van der Waals surface area contributed by atoms with Crippen molar-refractivity contribution in [3.05, 3.63) is 28.4 Å². The maximum atomic E-state index is 10.7. The molecule has 0 amide bonds. The zero-order valence-corrected chi connectivity index (χ0v) is 10.3. The number of hydrogen-bond acceptors (Lipinski definition) is 6. The van der Waals surface area contributed by atoms with Gasteiger partial charge in [0.15, 0.2) is 0 Å². The monoisotopic (exact) mass is 266 g/mol. The van der Waals surface area contributed by atoms with E-state index in [1.54, 1.807) is 6.92 Å². The molecule has 0 aliphatic heterocycles. The predicted molar refractivity (Wildman–Crippen MR) is 68.5 cm³/mol. The lowest BCUT2D eigenvalue weighted by atomic mass is 10.0. The van der Waals surface area contributed by atoms with Crippen LogP contribution in [-0.2, 0) is 4.79 Å². The van der Waals surface area contributed by atoms with Gasteiger partial charge in [-0.1, -0.05) is 6.92 Å². The van der Waals surface area contributed by atoms with E-state index in [4.69, 9.17) is 10.5 Å². The van der Waals surface area contributed by atoms with Gasteiger partial charge in [-0.25, -0.2) is 9.78 Å². The molecule has 0 aliphatic carbocycles.